The molecule has 0 radical (unpaired) electrons. The number of anilines is 1. The lowest BCUT2D eigenvalue weighted by Gasteiger charge is -2.27. The van der Waals surface area contributed by atoms with E-state index in [1.54, 1.807) is 4.90 Å². The number of hydrogen-bond donors (Lipinski definition) is 0. The monoisotopic (exact) mass is 281 g/mol. The molecule has 21 heavy (non-hydrogen) atoms. The van der Waals surface area contributed by atoms with Crippen LogP contribution in [0.2, 0.25) is 0 Å². The summed E-state index contributed by atoms with van der Waals surface area (Å²) in [5.74, 6) is 1.16. The van der Waals surface area contributed by atoms with Crippen LogP contribution in [0.4, 0.5) is 5.69 Å². The van der Waals surface area contributed by atoms with Gasteiger partial charge in [-0.05, 0) is 24.3 Å². The third kappa shape index (κ3) is 2.94. The first-order chi connectivity index (χ1) is 10.2. The fourth-order valence-electron chi connectivity index (χ4n) is 2.35. The van der Waals surface area contributed by atoms with Gasteiger partial charge in [-0.25, -0.2) is 0 Å². The Labute approximate surface area is 123 Å². The molecule has 1 saturated heterocycles. The van der Waals surface area contributed by atoms with Gasteiger partial charge < -0.3 is 9.64 Å². The molecule has 4 heteroatoms. The molecule has 1 aliphatic rings. The van der Waals surface area contributed by atoms with Gasteiger partial charge in [0.15, 0.2) is 5.75 Å². The maximum Gasteiger partial charge on any atom is 0.234 e. The third-order valence-corrected chi connectivity index (χ3v) is 3.39. The maximum atomic E-state index is 12.1. The Morgan fingerprint density at radius 1 is 0.905 bits per heavy atom. The van der Waals surface area contributed by atoms with Crippen LogP contribution in [-0.4, -0.2) is 18.2 Å². The van der Waals surface area contributed by atoms with Gasteiger partial charge in [0.05, 0.1) is 12.1 Å². The van der Waals surface area contributed by atoms with Crippen LogP contribution in [0.5, 0.6) is 11.5 Å². The highest BCUT2D eigenvalue weighted by atomic mass is 16.5. The number of nitrogens with zero attached hydrogens (tertiary/aromatic N) is 1. The Morgan fingerprint density at radius 2 is 1.62 bits per heavy atom. The van der Waals surface area contributed by atoms with Gasteiger partial charge in [-0.15, -0.1) is 0 Å². The van der Waals surface area contributed by atoms with E-state index in [0.717, 1.165) is 0 Å². The molecule has 0 bridgehead atoms. The first kappa shape index (κ1) is 13.4. The molecular formula is C17H15NO3. The summed E-state index contributed by atoms with van der Waals surface area (Å²) in [6, 6.07) is 16.8. The zero-order chi connectivity index (χ0) is 14.7. The fourth-order valence-corrected chi connectivity index (χ4v) is 2.35. The van der Waals surface area contributed by atoms with Gasteiger partial charge in [-0.1, -0.05) is 30.3 Å². The van der Waals surface area contributed by atoms with Crippen LogP contribution in [0.15, 0.2) is 54.6 Å². The molecule has 1 heterocycles. The van der Waals surface area contributed by atoms with Crippen molar-refractivity contribution in [1.82, 2.24) is 0 Å². The summed E-state index contributed by atoms with van der Waals surface area (Å²) in [5.41, 5.74) is 0.707. The summed E-state index contributed by atoms with van der Waals surface area (Å²) in [6.07, 6.45) is 0.366. The number of hydrogen-bond acceptors (Lipinski definition) is 3. The summed E-state index contributed by atoms with van der Waals surface area (Å²) in [4.78, 5) is 25.0. The second-order valence-corrected chi connectivity index (χ2v) is 4.89. The van der Waals surface area contributed by atoms with Crippen molar-refractivity contribution in [3.8, 4) is 11.5 Å². The second kappa shape index (κ2) is 5.79. The van der Waals surface area contributed by atoms with Crippen molar-refractivity contribution in [2.75, 3.05) is 11.4 Å². The van der Waals surface area contributed by atoms with Crippen molar-refractivity contribution in [2.45, 2.75) is 12.8 Å². The van der Waals surface area contributed by atoms with Gasteiger partial charge in [0, 0.05) is 13.0 Å². The van der Waals surface area contributed by atoms with E-state index < -0.39 is 0 Å². The molecular weight excluding hydrogens is 266 g/mol. The number of benzene rings is 2. The van der Waals surface area contributed by atoms with E-state index in [0.29, 0.717) is 30.2 Å². The number of carbonyl (C=O) groups excluding carboxylic acids is 2. The minimum atomic E-state index is -0.171. The highest BCUT2D eigenvalue weighted by molar-refractivity contribution is 6.09. The highest BCUT2D eigenvalue weighted by Gasteiger charge is 2.26. The van der Waals surface area contributed by atoms with Crippen LogP contribution in [-0.2, 0) is 9.59 Å². The Kier molecular flexibility index (Phi) is 3.69. The Bertz CT molecular complexity index is 667. The molecule has 106 valence electrons. The van der Waals surface area contributed by atoms with E-state index in [1.165, 1.54) is 0 Å². The van der Waals surface area contributed by atoms with Crippen molar-refractivity contribution in [3.63, 3.8) is 0 Å². The van der Waals surface area contributed by atoms with Crippen LogP contribution < -0.4 is 9.64 Å². The average Bonchev–Trinajstić information content (AvgIpc) is 2.49. The molecule has 2 aromatic rings. The summed E-state index contributed by atoms with van der Waals surface area (Å²) in [7, 11) is 0. The Morgan fingerprint density at radius 3 is 2.38 bits per heavy atom. The van der Waals surface area contributed by atoms with Crippen molar-refractivity contribution < 1.29 is 14.3 Å². The molecule has 0 unspecified atom stereocenters. The molecule has 0 atom stereocenters. The van der Waals surface area contributed by atoms with E-state index in [9.17, 15) is 9.59 Å². The Balaban J connectivity index is 1.89. The molecule has 0 aliphatic carbocycles. The van der Waals surface area contributed by atoms with E-state index in [-0.39, 0.29) is 18.1 Å². The zero-order valence-corrected chi connectivity index (χ0v) is 11.5. The molecule has 0 aromatic heterocycles. The summed E-state index contributed by atoms with van der Waals surface area (Å²) < 4.78 is 5.86. The Hall–Kier alpha value is -2.62. The van der Waals surface area contributed by atoms with Crippen LogP contribution in [0, 0.1) is 0 Å². The van der Waals surface area contributed by atoms with Crippen LogP contribution >= 0.6 is 0 Å². The molecule has 1 amide bonds. The lowest BCUT2D eigenvalue weighted by molar-refractivity contribution is -0.128. The molecule has 0 N–H and O–H groups in total. The first-order valence-corrected chi connectivity index (χ1v) is 6.88. The normalized spacial score (nSPS) is 15.1. The molecule has 3 rings (SSSR count). The standard InChI is InChI=1S/C17H15NO3/c19-13-10-11-18(17(20)12-13)15-8-4-5-9-16(15)21-14-6-2-1-3-7-14/h1-9H,10-12H2. The first-order valence-electron chi connectivity index (χ1n) is 6.88. The summed E-state index contributed by atoms with van der Waals surface area (Å²) in [5, 5.41) is 0. The van der Waals surface area contributed by atoms with Crippen molar-refractivity contribution in [2.24, 2.45) is 0 Å². The molecule has 1 fully saturated rings. The molecule has 2 aromatic carbocycles. The van der Waals surface area contributed by atoms with E-state index in [4.69, 9.17) is 4.74 Å². The number of Topliss-reactive ketones (excluding diaryl/α,β-unsaturated/α-hetero) is 1. The number of ether oxygens (including phenoxy) is 1. The van der Waals surface area contributed by atoms with Crippen molar-refractivity contribution >= 4 is 17.4 Å². The van der Waals surface area contributed by atoms with Gasteiger partial charge >= 0.3 is 0 Å². The second-order valence-electron chi connectivity index (χ2n) is 4.89. The minimum absolute atomic E-state index is 0.00212. The van der Waals surface area contributed by atoms with Crippen LogP contribution in [0.25, 0.3) is 0 Å². The number of para-hydroxylation sites is 3. The fraction of sp³-hybridized carbons (Fsp3) is 0.176. The van der Waals surface area contributed by atoms with E-state index >= 15 is 0 Å². The topological polar surface area (TPSA) is 46.6 Å². The predicted molar refractivity (Wildman–Crippen MR) is 79.6 cm³/mol. The number of piperidine rings is 1. The zero-order valence-electron chi connectivity index (χ0n) is 11.5. The molecule has 0 spiro atoms. The predicted octanol–water partition coefficient (Wildman–Crippen LogP) is 3.17. The quantitative estimate of drug-likeness (QED) is 0.812. The van der Waals surface area contributed by atoms with Gasteiger partial charge in [0.1, 0.15) is 11.5 Å². The van der Waals surface area contributed by atoms with Gasteiger partial charge in [-0.3, -0.25) is 9.59 Å². The average molecular weight is 281 g/mol. The van der Waals surface area contributed by atoms with Crippen molar-refractivity contribution in [3.05, 3.63) is 54.6 Å². The molecule has 1 aliphatic heterocycles. The highest BCUT2D eigenvalue weighted by Crippen LogP contribution is 2.33. The molecule has 4 nitrogen and oxygen atoms in total. The summed E-state index contributed by atoms with van der Waals surface area (Å²) >= 11 is 0. The largest absolute Gasteiger partial charge is 0.455 e. The number of ketones is 1. The third-order valence-electron chi connectivity index (χ3n) is 3.39. The minimum Gasteiger partial charge on any atom is -0.455 e. The van der Waals surface area contributed by atoms with Crippen molar-refractivity contribution in [1.29, 1.82) is 0 Å². The van der Waals surface area contributed by atoms with E-state index in [1.807, 2.05) is 54.6 Å². The van der Waals surface area contributed by atoms with Crippen LogP contribution in [0.3, 0.4) is 0 Å². The number of amides is 1. The smallest absolute Gasteiger partial charge is 0.234 e. The van der Waals surface area contributed by atoms with Gasteiger partial charge in [0.25, 0.3) is 0 Å². The van der Waals surface area contributed by atoms with Gasteiger partial charge in [-0.2, -0.15) is 0 Å². The maximum absolute atomic E-state index is 12.1. The number of rotatable bonds is 3. The van der Waals surface area contributed by atoms with E-state index in [2.05, 4.69) is 0 Å². The lowest BCUT2D eigenvalue weighted by Crippen LogP contribution is -2.39. The molecule has 0 saturated carbocycles. The van der Waals surface area contributed by atoms with Crippen LogP contribution in [0.1, 0.15) is 12.8 Å². The summed E-state index contributed by atoms with van der Waals surface area (Å²) in [6.45, 7) is 0.410. The SMILES string of the molecule is O=C1CCN(c2ccccc2Oc2ccccc2)C(=O)C1. The van der Waals surface area contributed by atoms with Gasteiger partial charge in [0.2, 0.25) is 5.91 Å². The number of carbonyl (C=O) groups is 2. The lowest BCUT2D eigenvalue weighted by atomic mass is 10.1.